The summed E-state index contributed by atoms with van der Waals surface area (Å²) in [7, 11) is 0. The predicted molar refractivity (Wildman–Crippen MR) is 99.4 cm³/mol. The smallest absolute Gasteiger partial charge is 0.220 e. The van der Waals surface area contributed by atoms with Crippen LogP contribution >= 0.6 is 11.3 Å². The normalized spacial score (nSPS) is 17.7. The van der Waals surface area contributed by atoms with Crippen molar-refractivity contribution in [1.29, 1.82) is 0 Å². The number of anilines is 1. The molecular formula is C19H25N3OS. The van der Waals surface area contributed by atoms with Crippen LogP contribution in [0.3, 0.4) is 0 Å². The maximum Gasteiger partial charge on any atom is 0.220 e. The molecular weight excluding hydrogens is 318 g/mol. The first-order chi connectivity index (χ1) is 11.8. The van der Waals surface area contributed by atoms with E-state index < -0.39 is 0 Å². The molecule has 0 bridgehead atoms. The molecule has 24 heavy (non-hydrogen) atoms. The molecule has 1 aliphatic rings. The van der Waals surface area contributed by atoms with Gasteiger partial charge in [0.05, 0.1) is 0 Å². The molecule has 0 aliphatic carbocycles. The van der Waals surface area contributed by atoms with Crippen molar-refractivity contribution in [3.05, 3.63) is 47.5 Å². The number of aryl methyl sites for hydroxylation is 1. The van der Waals surface area contributed by atoms with Crippen LogP contribution in [0.15, 0.2) is 41.9 Å². The van der Waals surface area contributed by atoms with Gasteiger partial charge in [-0.3, -0.25) is 4.79 Å². The van der Waals surface area contributed by atoms with Crippen molar-refractivity contribution >= 4 is 22.4 Å². The predicted octanol–water partition coefficient (Wildman–Crippen LogP) is 3.50. The molecule has 4 nitrogen and oxygen atoms in total. The minimum atomic E-state index is 0.178. The van der Waals surface area contributed by atoms with E-state index >= 15 is 0 Å². The summed E-state index contributed by atoms with van der Waals surface area (Å²) in [5.74, 6) is 0.707. The van der Waals surface area contributed by atoms with E-state index in [1.807, 2.05) is 29.8 Å². The summed E-state index contributed by atoms with van der Waals surface area (Å²) >= 11 is 1.69. The Bertz CT molecular complexity index is 615. The maximum atomic E-state index is 12.1. The van der Waals surface area contributed by atoms with Gasteiger partial charge < -0.3 is 10.2 Å². The van der Waals surface area contributed by atoms with Crippen LogP contribution in [0.25, 0.3) is 0 Å². The van der Waals surface area contributed by atoms with E-state index in [1.54, 1.807) is 11.3 Å². The van der Waals surface area contributed by atoms with Crippen LogP contribution in [-0.4, -0.2) is 30.5 Å². The van der Waals surface area contributed by atoms with Gasteiger partial charge >= 0.3 is 0 Å². The van der Waals surface area contributed by atoms with Crippen molar-refractivity contribution in [3.63, 3.8) is 0 Å². The molecule has 1 amide bonds. The Labute approximate surface area is 147 Å². The Hall–Kier alpha value is -1.88. The highest BCUT2D eigenvalue weighted by molar-refractivity contribution is 7.13. The van der Waals surface area contributed by atoms with Crippen molar-refractivity contribution in [3.8, 4) is 0 Å². The van der Waals surface area contributed by atoms with Gasteiger partial charge in [-0.05, 0) is 37.2 Å². The number of aromatic nitrogens is 1. The third kappa shape index (κ3) is 5.06. The third-order valence-corrected chi connectivity index (χ3v) is 5.34. The fourth-order valence-electron chi connectivity index (χ4n) is 3.22. The van der Waals surface area contributed by atoms with Gasteiger partial charge in [0.15, 0.2) is 5.13 Å². The second kappa shape index (κ2) is 8.83. The Kier molecular flexibility index (Phi) is 6.24. The molecule has 0 radical (unpaired) electrons. The second-order valence-corrected chi connectivity index (χ2v) is 7.29. The van der Waals surface area contributed by atoms with Crippen LogP contribution in [-0.2, 0) is 11.2 Å². The summed E-state index contributed by atoms with van der Waals surface area (Å²) in [5.41, 5.74) is 1.30. The average molecular weight is 343 g/mol. The van der Waals surface area contributed by atoms with Gasteiger partial charge in [-0.2, -0.15) is 0 Å². The highest BCUT2D eigenvalue weighted by Gasteiger charge is 2.21. The zero-order valence-electron chi connectivity index (χ0n) is 14.0. The molecule has 128 valence electrons. The van der Waals surface area contributed by atoms with Crippen LogP contribution in [0.5, 0.6) is 0 Å². The van der Waals surface area contributed by atoms with Crippen molar-refractivity contribution in [2.45, 2.75) is 32.1 Å². The number of piperidine rings is 1. The zero-order valence-corrected chi connectivity index (χ0v) is 14.8. The van der Waals surface area contributed by atoms with Gasteiger partial charge in [-0.25, -0.2) is 4.98 Å². The number of rotatable bonds is 7. The van der Waals surface area contributed by atoms with Crippen LogP contribution in [0.2, 0.25) is 0 Å². The molecule has 0 saturated carbocycles. The largest absolute Gasteiger partial charge is 0.356 e. The number of nitrogens with one attached hydrogen (secondary N) is 1. The van der Waals surface area contributed by atoms with Crippen molar-refractivity contribution in [1.82, 2.24) is 10.3 Å². The van der Waals surface area contributed by atoms with Crippen LogP contribution in [0, 0.1) is 5.92 Å². The molecule has 1 aromatic carbocycles. The number of carbonyl (C=O) groups is 1. The minimum Gasteiger partial charge on any atom is -0.356 e. The molecule has 2 heterocycles. The molecule has 3 rings (SSSR count). The number of thiazole rings is 1. The van der Waals surface area contributed by atoms with Gasteiger partial charge in [0.2, 0.25) is 5.91 Å². The Morgan fingerprint density at radius 2 is 2.21 bits per heavy atom. The van der Waals surface area contributed by atoms with Crippen LogP contribution in [0.4, 0.5) is 5.13 Å². The molecule has 1 saturated heterocycles. The molecule has 1 aliphatic heterocycles. The maximum absolute atomic E-state index is 12.1. The summed E-state index contributed by atoms with van der Waals surface area (Å²) < 4.78 is 0. The lowest BCUT2D eigenvalue weighted by molar-refractivity contribution is -0.121. The first kappa shape index (κ1) is 17.0. The number of nitrogens with zero attached hydrogens (tertiary/aromatic N) is 2. The summed E-state index contributed by atoms with van der Waals surface area (Å²) in [5, 5.41) is 6.25. The molecule has 1 atom stereocenters. The fraction of sp³-hybridized carbons (Fsp3) is 0.474. The fourth-order valence-corrected chi connectivity index (χ4v) is 3.90. The van der Waals surface area contributed by atoms with E-state index in [2.05, 4.69) is 27.3 Å². The highest BCUT2D eigenvalue weighted by Crippen LogP contribution is 2.24. The molecule has 1 fully saturated rings. The standard InChI is InChI=1S/C19H25N3OS/c23-18(10-4-8-16-6-2-1-3-7-16)21-14-17-9-5-12-22(15-17)19-20-11-13-24-19/h1-3,6-7,11,13,17H,4-5,8-10,12,14-15H2,(H,21,23). The molecule has 1 unspecified atom stereocenters. The highest BCUT2D eigenvalue weighted by atomic mass is 32.1. The van der Waals surface area contributed by atoms with E-state index in [9.17, 15) is 4.79 Å². The molecule has 1 aromatic heterocycles. The summed E-state index contributed by atoms with van der Waals surface area (Å²) in [6.07, 6.45) is 6.71. The Morgan fingerprint density at radius 1 is 1.33 bits per heavy atom. The summed E-state index contributed by atoms with van der Waals surface area (Å²) in [6, 6.07) is 10.4. The Morgan fingerprint density at radius 3 is 3.00 bits per heavy atom. The molecule has 0 spiro atoms. The third-order valence-electron chi connectivity index (χ3n) is 4.51. The first-order valence-electron chi connectivity index (χ1n) is 8.76. The lowest BCUT2D eigenvalue weighted by Gasteiger charge is -2.32. The Balaban J connectivity index is 1.35. The van der Waals surface area contributed by atoms with Crippen molar-refractivity contribution in [2.24, 2.45) is 5.92 Å². The van der Waals surface area contributed by atoms with E-state index in [0.29, 0.717) is 12.3 Å². The van der Waals surface area contributed by atoms with Gasteiger partial charge in [-0.15, -0.1) is 11.3 Å². The van der Waals surface area contributed by atoms with Gasteiger partial charge in [0.1, 0.15) is 0 Å². The van der Waals surface area contributed by atoms with Gasteiger partial charge in [0, 0.05) is 37.6 Å². The van der Waals surface area contributed by atoms with Gasteiger partial charge in [-0.1, -0.05) is 30.3 Å². The van der Waals surface area contributed by atoms with E-state index in [4.69, 9.17) is 0 Å². The van der Waals surface area contributed by atoms with Crippen LogP contribution < -0.4 is 10.2 Å². The molecule has 5 heteroatoms. The number of hydrogen-bond donors (Lipinski definition) is 1. The molecule has 1 N–H and O–H groups in total. The van der Waals surface area contributed by atoms with Crippen molar-refractivity contribution in [2.75, 3.05) is 24.5 Å². The molecule has 2 aromatic rings. The SMILES string of the molecule is O=C(CCCc1ccccc1)NCC1CCCN(c2nccs2)C1. The summed E-state index contributed by atoms with van der Waals surface area (Å²) in [6.45, 7) is 2.86. The summed E-state index contributed by atoms with van der Waals surface area (Å²) in [4.78, 5) is 18.8. The first-order valence-corrected chi connectivity index (χ1v) is 9.64. The van der Waals surface area contributed by atoms with Crippen LogP contribution in [0.1, 0.15) is 31.2 Å². The monoisotopic (exact) mass is 343 g/mol. The zero-order chi connectivity index (χ0) is 16.6. The van der Waals surface area contributed by atoms with E-state index in [0.717, 1.165) is 37.6 Å². The minimum absolute atomic E-state index is 0.178. The topological polar surface area (TPSA) is 45.2 Å². The van der Waals surface area contributed by atoms with Gasteiger partial charge in [0.25, 0.3) is 0 Å². The van der Waals surface area contributed by atoms with E-state index in [1.165, 1.54) is 18.4 Å². The average Bonchev–Trinajstić information content (AvgIpc) is 3.16. The number of hydrogen-bond acceptors (Lipinski definition) is 4. The number of amides is 1. The van der Waals surface area contributed by atoms with Crippen molar-refractivity contribution < 1.29 is 4.79 Å². The quantitative estimate of drug-likeness (QED) is 0.837. The van der Waals surface area contributed by atoms with E-state index in [-0.39, 0.29) is 5.91 Å². The second-order valence-electron chi connectivity index (χ2n) is 6.41. The lowest BCUT2D eigenvalue weighted by Crippen LogP contribution is -2.41. The number of carbonyl (C=O) groups excluding carboxylic acids is 1. The number of benzene rings is 1. The lowest BCUT2D eigenvalue weighted by atomic mass is 9.98.